The van der Waals surface area contributed by atoms with Crippen LogP contribution in [0.4, 0.5) is 8.78 Å². The molecule has 0 aromatic heterocycles. The van der Waals surface area contributed by atoms with Crippen molar-refractivity contribution >= 4 is 5.91 Å². The molecule has 0 saturated carbocycles. The second-order valence-electron chi connectivity index (χ2n) is 6.57. The summed E-state index contributed by atoms with van der Waals surface area (Å²) in [5, 5.41) is 5.52. The highest BCUT2D eigenvalue weighted by atomic mass is 19.3. The number of carbonyl (C=O) groups excluding carboxylic acids is 1. The zero-order chi connectivity index (χ0) is 16.4. The molecular weight excluding hydrogens is 300 g/mol. The van der Waals surface area contributed by atoms with Gasteiger partial charge in [0, 0.05) is 31.6 Å². The average molecular weight is 323 g/mol. The van der Waals surface area contributed by atoms with Crippen LogP contribution in [-0.4, -0.2) is 48.4 Å². The molecule has 3 unspecified atom stereocenters. The van der Waals surface area contributed by atoms with Crippen LogP contribution in [-0.2, 0) is 4.79 Å². The van der Waals surface area contributed by atoms with E-state index in [1.165, 1.54) is 5.56 Å². The van der Waals surface area contributed by atoms with E-state index in [1.54, 1.807) is 0 Å². The van der Waals surface area contributed by atoms with Gasteiger partial charge in [-0.1, -0.05) is 30.3 Å². The van der Waals surface area contributed by atoms with Gasteiger partial charge in [0.05, 0.1) is 12.6 Å². The van der Waals surface area contributed by atoms with Crippen molar-refractivity contribution in [2.45, 2.75) is 43.8 Å². The number of likely N-dealkylation sites (tertiary alicyclic amines) is 1. The van der Waals surface area contributed by atoms with Gasteiger partial charge in [0.15, 0.2) is 0 Å². The van der Waals surface area contributed by atoms with Crippen LogP contribution >= 0.6 is 0 Å². The van der Waals surface area contributed by atoms with Crippen molar-refractivity contribution in [3.63, 3.8) is 0 Å². The predicted molar refractivity (Wildman–Crippen MR) is 84.3 cm³/mol. The maximum Gasteiger partial charge on any atom is 0.262 e. The number of hydrogen-bond donors (Lipinski definition) is 2. The number of nitrogens with zero attached hydrogens (tertiary/aromatic N) is 1. The van der Waals surface area contributed by atoms with Crippen LogP contribution in [0.25, 0.3) is 0 Å². The Balaban J connectivity index is 1.51. The van der Waals surface area contributed by atoms with E-state index in [4.69, 9.17) is 0 Å². The first-order chi connectivity index (χ1) is 10.9. The molecule has 2 aliphatic heterocycles. The van der Waals surface area contributed by atoms with Crippen LogP contribution in [0.5, 0.6) is 0 Å². The molecule has 0 radical (unpaired) electrons. The molecular formula is C17H23F2N3O. The number of amides is 1. The Bertz CT molecular complexity index is 552. The van der Waals surface area contributed by atoms with Gasteiger partial charge < -0.3 is 5.32 Å². The summed E-state index contributed by atoms with van der Waals surface area (Å²) in [6.07, 6.45) is 0.446. The van der Waals surface area contributed by atoms with Crippen molar-refractivity contribution in [2.75, 3.05) is 19.6 Å². The van der Waals surface area contributed by atoms with Crippen molar-refractivity contribution < 1.29 is 13.6 Å². The van der Waals surface area contributed by atoms with E-state index < -0.39 is 24.9 Å². The third-order valence-electron chi connectivity index (χ3n) is 4.82. The van der Waals surface area contributed by atoms with Crippen molar-refractivity contribution in [1.29, 1.82) is 0 Å². The van der Waals surface area contributed by atoms with Crippen LogP contribution in [0, 0.1) is 0 Å². The molecule has 2 aliphatic rings. The number of rotatable bonds is 4. The lowest BCUT2D eigenvalue weighted by atomic mass is 10.1. The summed E-state index contributed by atoms with van der Waals surface area (Å²) in [4.78, 5) is 14.4. The van der Waals surface area contributed by atoms with Gasteiger partial charge in [-0.25, -0.2) is 8.78 Å². The van der Waals surface area contributed by atoms with E-state index in [2.05, 4.69) is 34.6 Å². The maximum atomic E-state index is 13.2. The summed E-state index contributed by atoms with van der Waals surface area (Å²) in [6, 6.07) is 9.78. The molecule has 2 heterocycles. The lowest BCUT2D eigenvalue weighted by Gasteiger charge is -2.25. The molecule has 1 aromatic rings. The fraction of sp³-hybridized carbons (Fsp3) is 0.588. The minimum atomic E-state index is -2.77. The molecule has 2 fully saturated rings. The summed E-state index contributed by atoms with van der Waals surface area (Å²) in [5.74, 6) is -3.08. The normalized spacial score (nSPS) is 28.7. The highest BCUT2D eigenvalue weighted by Crippen LogP contribution is 2.26. The molecule has 6 heteroatoms. The van der Waals surface area contributed by atoms with Crippen LogP contribution in [0.15, 0.2) is 30.3 Å². The van der Waals surface area contributed by atoms with Gasteiger partial charge in [0.25, 0.3) is 5.92 Å². The average Bonchev–Trinajstić information content (AvgIpc) is 3.14. The van der Waals surface area contributed by atoms with Gasteiger partial charge in [0.2, 0.25) is 5.91 Å². The zero-order valence-corrected chi connectivity index (χ0v) is 13.3. The molecule has 126 valence electrons. The van der Waals surface area contributed by atoms with Gasteiger partial charge >= 0.3 is 0 Å². The van der Waals surface area contributed by atoms with Gasteiger partial charge in [-0.3, -0.25) is 15.0 Å². The monoisotopic (exact) mass is 323 g/mol. The summed E-state index contributed by atoms with van der Waals surface area (Å²) >= 11 is 0. The molecule has 3 rings (SSSR count). The second-order valence-corrected chi connectivity index (χ2v) is 6.57. The molecule has 4 nitrogen and oxygen atoms in total. The Kier molecular flexibility index (Phi) is 4.64. The largest absolute Gasteiger partial charge is 0.351 e. The topological polar surface area (TPSA) is 44.4 Å². The number of halogens is 2. The Morgan fingerprint density at radius 1 is 1.39 bits per heavy atom. The van der Waals surface area contributed by atoms with Gasteiger partial charge in [-0.2, -0.15) is 0 Å². The smallest absolute Gasteiger partial charge is 0.262 e. The quantitative estimate of drug-likeness (QED) is 0.890. The van der Waals surface area contributed by atoms with E-state index in [0.29, 0.717) is 0 Å². The first-order valence-corrected chi connectivity index (χ1v) is 8.15. The molecule has 0 aliphatic carbocycles. The van der Waals surface area contributed by atoms with E-state index in [9.17, 15) is 13.6 Å². The Labute approximate surface area is 135 Å². The zero-order valence-electron chi connectivity index (χ0n) is 13.3. The van der Waals surface area contributed by atoms with Crippen LogP contribution in [0.3, 0.4) is 0 Å². The van der Waals surface area contributed by atoms with Crippen LogP contribution < -0.4 is 10.6 Å². The molecule has 3 atom stereocenters. The third kappa shape index (κ3) is 3.87. The molecule has 1 aromatic carbocycles. The van der Waals surface area contributed by atoms with Crippen molar-refractivity contribution in [3.05, 3.63) is 35.9 Å². The standard InChI is InChI=1S/C17H23F2N3O/c1-12(13-5-3-2-4-6-13)22-8-7-14(10-22)21-16(23)15-9-17(18,19)11-20-15/h2-6,12,14-15,20H,7-11H2,1H3,(H,21,23). The molecule has 0 bridgehead atoms. The lowest BCUT2D eigenvalue weighted by Crippen LogP contribution is -2.46. The summed E-state index contributed by atoms with van der Waals surface area (Å²) in [7, 11) is 0. The Morgan fingerprint density at radius 2 is 2.13 bits per heavy atom. The van der Waals surface area contributed by atoms with Crippen LogP contribution in [0.2, 0.25) is 0 Å². The van der Waals surface area contributed by atoms with E-state index in [-0.39, 0.29) is 18.0 Å². The minimum Gasteiger partial charge on any atom is -0.351 e. The summed E-state index contributed by atoms with van der Waals surface area (Å²) in [6.45, 7) is 3.39. The number of carbonyl (C=O) groups is 1. The van der Waals surface area contributed by atoms with E-state index >= 15 is 0 Å². The van der Waals surface area contributed by atoms with Gasteiger partial charge in [-0.15, -0.1) is 0 Å². The van der Waals surface area contributed by atoms with Gasteiger partial charge in [-0.05, 0) is 18.9 Å². The molecule has 1 amide bonds. The molecule has 0 spiro atoms. The molecule has 2 saturated heterocycles. The van der Waals surface area contributed by atoms with Crippen LogP contribution in [0.1, 0.15) is 31.4 Å². The van der Waals surface area contributed by atoms with Crippen molar-refractivity contribution in [2.24, 2.45) is 0 Å². The highest BCUT2D eigenvalue weighted by molar-refractivity contribution is 5.82. The number of benzene rings is 1. The first-order valence-electron chi connectivity index (χ1n) is 8.15. The number of hydrogen-bond acceptors (Lipinski definition) is 3. The minimum absolute atomic E-state index is 0.0321. The second kappa shape index (κ2) is 6.53. The fourth-order valence-electron chi connectivity index (χ4n) is 3.40. The van der Waals surface area contributed by atoms with E-state index in [0.717, 1.165) is 19.5 Å². The molecule has 2 N–H and O–H groups in total. The number of alkyl halides is 2. The predicted octanol–water partition coefficient (Wildman–Crippen LogP) is 1.94. The lowest BCUT2D eigenvalue weighted by molar-refractivity contribution is -0.124. The third-order valence-corrected chi connectivity index (χ3v) is 4.82. The maximum absolute atomic E-state index is 13.2. The highest BCUT2D eigenvalue weighted by Gasteiger charge is 2.43. The summed E-state index contributed by atoms with van der Waals surface area (Å²) in [5.41, 5.74) is 1.25. The Morgan fingerprint density at radius 3 is 2.78 bits per heavy atom. The SMILES string of the molecule is CC(c1ccccc1)N1CCC(NC(=O)C2CC(F)(F)CN2)C1. The first kappa shape index (κ1) is 16.3. The van der Waals surface area contributed by atoms with E-state index in [1.807, 2.05) is 18.2 Å². The Hall–Kier alpha value is -1.53. The van der Waals surface area contributed by atoms with Crippen molar-refractivity contribution in [3.8, 4) is 0 Å². The van der Waals surface area contributed by atoms with Gasteiger partial charge in [0.1, 0.15) is 0 Å². The fourth-order valence-corrected chi connectivity index (χ4v) is 3.40. The summed E-state index contributed by atoms with van der Waals surface area (Å²) < 4.78 is 26.3. The molecule has 23 heavy (non-hydrogen) atoms. The number of nitrogens with one attached hydrogen (secondary N) is 2. The van der Waals surface area contributed by atoms with Crippen molar-refractivity contribution in [1.82, 2.24) is 15.5 Å².